The van der Waals surface area contributed by atoms with E-state index in [-0.39, 0.29) is 11.4 Å². The molecule has 1 aliphatic carbocycles. The molecule has 6 heteroatoms. The van der Waals surface area contributed by atoms with Gasteiger partial charge in [0.2, 0.25) is 5.88 Å². The fraction of sp³-hybridized carbons (Fsp3) is 0.538. The molecule has 0 saturated heterocycles. The molecule has 0 unspecified atom stereocenters. The van der Waals surface area contributed by atoms with Crippen molar-refractivity contribution in [3.8, 4) is 5.88 Å². The SMILES string of the molecule is COC(=O)CC1(CSc2nc(OC)ccc2N)CC1. The van der Waals surface area contributed by atoms with Crippen molar-refractivity contribution in [1.29, 1.82) is 0 Å². The van der Waals surface area contributed by atoms with Gasteiger partial charge in [0.05, 0.1) is 26.3 Å². The van der Waals surface area contributed by atoms with E-state index in [0.29, 0.717) is 18.0 Å². The molecule has 104 valence electrons. The number of rotatable bonds is 6. The van der Waals surface area contributed by atoms with Crippen LogP contribution in [-0.4, -0.2) is 30.9 Å². The Kier molecular flexibility index (Phi) is 4.19. The number of anilines is 1. The molecule has 2 N–H and O–H groups in total. The summed E-state index contributed by atoms with van der Waals surface area (Å²) in [6.45, 7) is 0. The van der Waals surface area contributed by atoms with Crippen molar-refractivity contribution in [1.82, 2.24) is 4.98 Å². The molecule has 1 aromatic rings. The number of esters is 1. The van der Waals surface area contributed by atoms with Gasteiger partial charge < -0.3 is 15.2 Å². The van der Waals surface area contributed by atoms with E-state index in [1.54, 1.807) is 31.0 Å². The minimum Gasteiger partial charge on any atom is -0.481 e. The van der Waals surface area contributed by atoms with Gasteiger partial charge in [0.25, 0.3) is 0 Å². The van der Waals surface area contributed by atoms with Crippen molar-refractivity contribution in [2.45, 2.75) is 24.3 Å². The maximum absolute atomic E-state index is 11.4. The van der Waals surface area contributed by atoms with E-state index in [4.69, 9.17) is 15.2 Å². The highest BCUT2D eigenvalue weighted by Crippen LogP contribution is 2.52. The summed E-state index contributed by atoms with van der Waals surface area (Å²) in [6, 6.07) is 3.52. The molecular weight excluding hydrogens is 264 g/mol. The molecule has 1 aromatic heterocycles. The zero-order valence-electron chi connectivity index (χ0n) is 11.1. The van der Waals surface area contributed by atoms with E-state index in [1.807, 2.05) is 0 Å². The summed E-state index contributed by atoms with van der Waals surface area (Å²) in [5, 5.41) is 0.760. The number of thioether (sulfide) groups is 1. The van der Waals surface area contributed by atoms with Crippen LogP contribution in [0.2, 0.25) is 0 Å². The number of methoxy groups -OCH3 is 2. The molecule has 1 aliphatic rings. The maximum Gasteiger partial charge on any atom is 0.306 e. The number of nitrogen functional groups attached to an aromatic ring is 1. The average molecular weight is 282 g/mol. The number of nitrogens with zero attached hydrogens (tertiary/aromatic N) is 1. The first-order valence-corrected chi connectivity index (χ1v) is 7.07. The number of hydrogen-bond donors (Lipinski definition) is 1. The third-order valence-electron chi connectivity index (χ3n) is 3.29. The topological polar surface area (TPSA) is 74.4 Å². The molecule has 0 radical (unpaired) electrons. The second kappa shape index (κ2) is 5.69. The normalized spacial score (nSPS) is 15.9. The van der Waals surface area contributed by atoms with E-state index in [9.17, 15) is 4.79 Å². The van der Waals surface area contributed by atoms with Crippen LogP contribution >= 0.6 is 11.8 Å². The Morgan fingerprint density at radius 2 is 2.21 bits per heavy atom. The fourth-order valence-corrected chi connectivity index (χ4v) is 3.04. The lowest BCUT2D eigenvalue weighted by Crippen LogP contribution is -2.13. The largest absolute Gasteiger partial charge is 0.481 e. The van der Waals surface area contributed by atoms with E-state index in [0.717, 1.165) is 23.6 Å². The molecule has 19 heavy (non-hydrogen) atoms. The monoisotopic (exact) mass is 282 g/mol. The van der Waals surface area contributed by atoms with Crippen molar-refractivity contribution in [2.24, 2.45) is 5.41 Å². The summed E-state index contributed by atoms with van der Waals surface area (Å²) in [5.41, 5.74) is 6.59. The van der Waals surface area contributed by atoms with Crippen LogP contribution < -0.4 is 10.5 Å². The highest BCUT2D eigenvalue weighted by molar-refractivity contribution is 7.99. The maximum atomic E-state index is 11.4. The standard InChI is InChI=1S/C13H18N2O3S/c1-17-10-4-3-9(14)12(15-10)19-8-13(5-6-13)7-11(16)18-2/h3-4H,5-8,14H2,1-2H3. The van der Waals surface area contributed by atoms with Gasteiger partial charge in [-0.3, -0.25) is 4.79 Å². The molecule has 1 saturated carbocycles. The van der Waals surface area contributed by atoms with Crippen LogP contribution in [-0.2, 0) is 9.53 Å². The number of nitrogens with two attached hydrogens (primary N) is 1. The van der Waals surface area contributed by atoms with Crippen molar-refractivity contribution in [3.63, 3.8) is 0 Å². The van der Waals surface area contributed by atoms with Crippen LogP contribution in [0, 0.1) is 5.41 Å². The van der Waals surface area contributed by atoms with Crippen LogP contribution in [0.3, 0.4) is 0 Å². The molecule has 0 bridgehead atoms. The molecule has 0 aromatic carbocycles. The van der Waals surface area contributed by atoms with Crippen LogP contribution in [0.5, 0.6) is 5.88 Å². The van der Waals surface area contributed by atoms with E-state index in [2.05, 4.69) is 4.98 Å². The lowest BCUT2D eigenvalue weighted by molar-refractivity contribution is -0.141. The summed E-state index contributed by atoms with van der Waals surface area (Å²) >= 11 is 1.57. The van der Waals surface area contributed by atoms with Crippen LogP contribution in [0.15, 0.2) is 17.2 Å². The Balaban J connectivity index is 1.97. The van der Waals surface area contributed by atoms with Gasteiger partial charge in [-0.2, -0.15) is 0 Å². The van der Waals surface area contributed by atoms with Crippen LogP contribution in [0.1, 0.15) is 19.3 Å². The van der Waals surface area contributed by atoms with Gasteiger partial charge in [0, 0.05) is 11.8 Å². The number of carbonyl (C=O) groups excluding carboxylic acids is 1. The predicted molar refractivity (Wildman–Crippen MR) is 74.2 cm³/mol. The minimum absolute atomic E-state index is 0.0644. The number of aromatic nitrogens is 1. The van der Waals surface area contributed by atoms with Gasteiger partial charge in [-0.1, -0.05) is 0 Å². The summed E-state index contributed by atoms with van der Waals surface area (Å²) in [7, 11) is 3.00. The van der Waals surface area contributed by atoms with E-state index in [1.165, 1.54) is 7.11 Å². The number of carbonyl (C=O) groups is 1. The second-order valence-electron chi connectivity index (χ2n) is 4.79. The van der Waals surface area contributed by atoms with Gasteiger partial charge in [-0.15, -0.1) is 11.8 Å². The van der Waals surface area contributed by atoms with Crippen molar-refractivity contribution in [2.75, 3.05) is 25.7 Å². The summed E-state index contributed by atoms with van der Waals surface area (Å²) in [5.74, 6) is 1.23. The highest BCUT2D eigenvalue weighted by atomic mass is 32.2. The molecule has 5 nitrogen and oxygen atoms in total. The molecule has 0 aliphatic heterocycles. The van der Waals surface area contributed by atoms with Crippen molar-refractivity contribution in [3.05, 3.63) is 12.1 Å². The van der Waals surface area contributed by atoms with E-state index >= 15 is 0 Å². The predicted octanol–water partition coefficient (Wildman–Crippen LogP) is 2.11. The summed E-state index contributed by atoms with van der Waals surface area (Å²) < 4.78 is 9.82. The average Bonchev–Trinajstić information content (AvgIpc) is 3.18. The molecule has 1 heterocycles. The smallest absolute Gasteiger partial charge is 0.306 e. The second-order valence-corrected chi connectivity index (χ2v) is 5.75. The molecule has 0 spiro atoms. The number of hydrogen-bond acceptors (Lipinski definition) is 6. The Hall–Kier alpha value is -1.43. The minimum atomic E-state index is -0.148. The Labute approximate surface area is 116 Å². The van der Waals surface area contributed by atoms with Gasteiger partial charge in [-0.05, 0) is 24.3 Å². The zero-order valence-corrected chi connectivity index (χ0v) is 12.0. The lowest BCUT2D eigenvalue weighted by Gasteiger charge is -2.13. The zero-order chi connectivity index (χ0) is 13.9. The lowest BCUT2D eigenvalue weighted by atomic mass is 10.1. The highest BCUT2D eigenvalue weighted by Gasteiger charge is 2.44. The van der Waals surface area contributed by atoms with Gasteiger partial charge in [0.1, 0.15) is 5.03 Å². The number of pyridine rings is 1. The quantitative estimate of drug-likeness (QED) is 0.636. The Morgan fingerprint density at radius 3 is 2.79 bits per heavy atom. The molecule has 0 atom stereocenters. The molecule has 0 amide bonds. The van der Waals surface area contributed by atoms with Crippen LogP contribution in [0.25, 0.3) is 0 Å². The van der Waals surface area contributed by atoms with Gasteiger partial charge in [-0.25, -0.2) is 4.98 Å². The Morgan fingerprint density at radius 1 is 1.47 bits per heavy atom. The third-order valence-corrected chi connectivity index (χ3v) is 4.65. The fourth-order valence-electron chi connectivity index (χ4n) is 1.81. The molecular formula is C13H18N2O3S. The first kappa shape index (κ1) is 14.0. The van der Waals surface area contributed by atoms with Gasteiger partial charge >= 0.3 is 5.97 Å². The third kappa shape index (κ3) is 3.53. The van der Waals surface area contributed by atoms with Crippen molar-refractivity contribution >= 4 is 23.4 Å². The number of ether oxygens (including phenoxy) is 2. The van der Waals surface area contributed by atoms with Gasteiger partial charge in [0.15, 0.2) is 0 Å². The first-order chi connectivity index (χ1) is 9.08. The summed E-state index contributed by atoms with van der Waals surface area (Å²) in [6.07, 6.45) is 2.58. The van der Waals surface area contributed by atoms with Crippen LogP contribution in [0.4, 0.5) is 5.69 Å². The molecule has 1 fully saturated rings. The Bertz CT molecular complexity index is 475. The molecule has 2 rings (SSSR count). The van der Waals surface area contributed by atoms with Crippen molar-refractivity contribution < 1.29 is 14.3 Å². The first-order valence-electron chi connectivity index (χ1n) is 6.09. The summed E-state index contributed by atoms with van der Waals surface area (Å²) in [4.78, 5) is 15.7. The van der Waals surface area contributed by atoms with E-state index < -0.39 is 0 Å².